The lowest BCUT2D eigenvalue weighted by Gasteiger charge is -2.40. The molecule has 0 radical (unpaired) electrons. The zero-order valence-electron chi connectivity index (χ0n) is 13.6. The van der Waals surface area contributed by atoms with E-state index < -0.39 is 0 Å². The first-order valence-electron chi connectivity index (χ1n) is 8.09. The SMILES string of the molecule is CCC1(CO)CCN(C(=O)Nc2ccc3nc(C)oc3c2)CC1. The van der Waals surface area contributed by atoms with Gasteiger partial charge in [0.2, 0.25) is 0 Å². The second kappa shape index (κ2) is 6.20. The molecule has 1 fully saturated rings. The number of piperidine rings is 1. The number of fused-ring (bicyclic) bond motifs is 1. The molecule has 0 atom stereocenters. The number of benzene rings is 1. The lowest BCUT2D eigenvalue weighted by Crippen LogP contribution is -2.46. The molecule has 6 nitrogen and oxygen atoms in total. The second-order valence-corrected chi connectivity index (χ2v) is 6.34. The van der Waals surface area contributed by atoms with E-state index in [4.69, 9.17) is 4.42 Å². The standard InChI is InChI=1S/C17H23N3O3/c1-3-17(11-21)6-8-20(9-7-17)16(22)19-13-4-5-14-15(10-13)23-12(2)18-14/h4-5,10,21H,3,6-9,11H2,1-2H3,(H,19,22). The Morgan fingerprint density at radius 1 is 1.43 bits per heavy atom. The first-order chi connectivity index (χ1) is 11.0. The largest absolute Gasteiger partial charge is 0.441 e. The maximum absolute atomic E-state index is 12.4. The summed E-state index contributed by atoms with van der Waals surface area (Å²) in [5, 5.41) is 12.5. The minimum absolute atomic E-state index is 0.0208. The summed E-state index contributed by atoms with van der Waals surface area (Å²) in [6.45, 7) is 5.43. The van der Waals surface area contributed by atoms with Gasteiger partial charge in [-0.15, -0.1) is 0 Å². The van der Waals surface area contributed by atoms with Crippen LogP contribution in [0.4, 0.5) is 10.5 Å². The van der Waals surface area contributed by atoms with Crippen LogP contribution >= 0.6 is 0 Å². The predicted molar refractivity (Wildman–Crippen MR) is 88.4 cm³/mol. The van der Waals surface area contributed by atoms with Gasteiger partial charge in [0, 0.05) is 38.4 Å². The number of rotatable bonds is 3. The Kier molecular flexibility index (Phi) is 4.26. The molecule has 1 aromatic carbocycles. The quantitative estimate of drug-likeness (QED) is 0.911. The summed E-state index contributed by atoms with van der Waals surface area (Å²) in [5.41, 5.74) is 2.14. The molecule has 0 unspecified atom stereocenters. The summed E-state index contributed by atoms with van der Waals surface area (Å²) >= 11 is 0. The number of carbonyl (C=O) groups is 1. The first-order valence-corrected chi connectivity index (χ1v) is 8.09. The molecule has 1 aliphatic heterocycles. The fourth-order valence-electron chi connectivity index (χ4n) is 3.13. The molecular weight excluding hydrogens is 294 g/mol. The van der Waals surface area contributed by atoms with Crippen LogP contribution in [0, 0.1) is 12.3 Å². The van der Waals surface area contributed by atoms with Crippen LogP contribution in [0.25, 0.3) is 11.1 Å². The van der Waals surface area contributed by atoms with Gasteiger partial charge in [0.15, 0.2) is 11.5 Å². The Morgan fingerprint density at radius 2 is 2.17 bits per heavy atom. The topological polar surface area (TPSA) is 78.6 Å². The van der Waals surface area contributed by atoms with Gasteiger partial charge in [-0.3, -0.25) is 0 Å². The number of aryl methyl sites for hydroxylation is 1. The number of likely N-dealkylation sites (tertiary alicyclic amines) is 1. The lowest BCUT2D eigenvalue weighted by molar-refractivity contribution is 0.0542. The molecule has 0 spiro atoms. The van der Waals surface area contributed by atoms with Crippen molar-refractivity contribution in [2.75, 3.05) is 25.0 Å². The van der Waals surface area contributed by atoms with Crippen molar-refractivity contribution in [1.82, 2.24) is 9.88 Å². The minimum Gasteiger partial charge on any atom is -0.441 e. The minimum atomic E-state index is -0.108. The van der Waals surface area contributed by atoms with Gasteiger partial charge in [-0.2, -0.15) is 0 Å². The zero-order chi connectivity index (χ0) is 16.4. The van der Waals surface area contributed by atoms with E-state index in [0.29, 0.717) is 30.3 Å². The number of anilines is 1. The molecule has 0 saturated carbocycles. The van der Waals surface area contributed by atoms with Gasteiger partial charge in [-0.25, -0.2) is 9.78 Å². The van der Waals surface area contributed by atoms with E-state index in [-0.39, 0.29) is 18.1 Å². The summed E-state index contributed by atoms with van der Waals surface area (Å²) in [5.74, 6) is 0.611. The van der Waals surface area contributed by atoms with Gasteiger partial charge in [0.25, 0.3) is 0 Å². The van der Waals surface area contributed by atoms with Gasteiger partial charge in [0.05, 0.1) is 0 Å². The number of oxazole rings is 1. The maximum atomic E-state index is 12.4. The molecule has 1 saturated heterocycles. The fourth-order valence-corrected chi connectivity index (χ4v) is 3.13. The average Bonchev–Trinajstić information content (AvgIpc) is 2.94. The molecule has 1 aromatic heterocycles. The summed E-state index contributed by atoms with van der Waals surface area (Å²) in [6, 6.07) is 5.35. The van der Waals surface area contributed by atoms with E-state index in [1.807, 2.05) is 12.1 Å². The van der Waals surface area contributed by atoms with Crippen LogP contribution in [0.3, 0.4) is 0 Å². The van der Waals surface area contributed by atoms with Gasteiger partial charge in [-0.05, 0) is 36.8 Å². The number of aromatic nitrogens is 1. The number of nitrogens with zero attached hydrogens (tertiary/aromatic N) is 2. The van der Waals surface area contributed by atoms with Crippen LogP contribution in [0.15, 0.2) is 22.6 Å². The number of nitrogens with one attached hydrogen (secondary N) is 1. The molecule has 0 aliphatic carbocycles. The van der Waals surface area contributed by atoms with E-state index in [1.54, 1.807) is 17.9 Å². The predicted octanol–water partition coefficient (Wildman–Crippen LogP) is 3.15. The van der Waals surface area contributed by atoms with E-state index in [2.05, 4.69) is 17.2 Å². The molecule has 0 bridgehead atoms. The fraction of sp³-hybridized carbons (Fsp3) is 0.529. The number of aliphatic hydroxyl groups is 1. The second-order valence-electron chi connectivity index (χ2n) is 6.34. The van der Waals surface area contributed by atoms with E-state index in [9.17, 15) is 9.90 Å². The van der Waals surface area contributed by atoms with Crippen LogP contribution in [0.5, 0.6) is 0 Å². The molecule has 2 heterocycles. The summed E-state index contributed by atoms with van der Waals surface area (Å²) < 4.78 is 5.49. The van der Waals surface area contributed by atoms with Crippen LogP contribution in [0.2, 0.25) is 0 Å². The third kappa shape index (κ3) is 3.17. The van der Waals surface area contributed by atoms with Crippen LogP contribution < -0.4 is 5.32 Å². The van der Waals surface area contributed by atoms with Crippen LogP contribution in [-0.4, -0.2) is 40.7 Å². The molecule has 2 N–H and O–H groups in total. The van der Waals surface area contributed by atoms with Gasteiger partial charge >= 0.3 is 6.03 Å². The number of urea groups is 1. The molecular formula is C17H23N3O3. The van der Waals surface area contributed by atoms with Crippen molar-refractivity contribution in [2.24, 2.45) is 5.41 Å². The van der Waals surface area contributed by atoms with Crippen molar-refractivity contribution in [3.63, 3.8) is 0 Å². The molecule has 124 valence electrons. The van der Waals surface area contributed by atoms with Crippen molar-refractivity contribution in [2.45, 2.75) is 33.1 Å². The van der Waals surface area contributed by atoms with E-state index >= 15 is 0 Å². The highest BCUT2D eigenvalue weighted by Crippen LogP contribution is 2.34. The summed E-state index contributed by atoms with van der Waals surface area (Å²) in [7, 11) is 0. The normalized spacial score (nSPS) is 17.4. The molecule has 1 aliphatic rings. The Morgan fingerprint density at radius 3 is 2.83 bits per heavy atom. The van der Waals surface area contributed by atoms with E-state index in [1.165, 1.54) is 0 Å². The number of hydrogen-bond donors (Lipinski definition) is 2. The summed E-state index contributed by atoms with van der Waals surface area (Å²) in [4.78, 5) is 18.5. The Bertz CT molecular complexity index is 696. The van der Waals surface area contributed by atoms with Crippen molar-refractivity contribution in [3.05, 3.63) is 24.1 Å². The van der Waals surface area contributed by atoms with Gasteiger partial charge in [-0.1, -0.05) is 6.92 Å². The van der Waals surface area contributed by atoms with Crippen LogP contribution in [-0.2, 0) is 0 Å². The lowest BCUT2D eigenvalue weighted by atomic mass is 9.77. The molecule has 3 rings (SSSR count). The highest BCUT2D eigenvalue weighted by Gasteiger charge is 2.33. The maximum Gasteiger partial charge on any atom is 0.321 e. The Balaban J connectivity index is 1.64. The third-order valence-electron chi connectivity index (χ3n) is 4.94. The smallest absolute Gasteiger partial charge is 0.321 e. The number of hydrogen-bond acceptors (Lipinski definition) is 4. The molecule has 23 heavy (non-hydrogen) atoms. The number of amides is 2. The zero-order valence-corrected chi connectivity index (χ0v) is 13.6. The van der Waals surface area contributed by atoms with Crippen molar-refractivity contribution in [1.29, 1.82) is 0 Å². The first kappa shape index (κ1) is 15.8. The monoisotopic (exact) mass is 317 g/mol. The van der Waals surface area contributed by atoms with Gasteiger partial charge in [0.1, 0.15) is 5.52 Å². The Hall–Kier alpha value is -2.08. The summed E-state index contributed by atoms with van der Waals surface area (Å²) in [6.07, 6.45) is 2.63. The van der Waals surface area contributed by atoms with Crippen molar-refractivity contribution >= 4 is 22.8 Å². The third-order valence-corrected chi connectivity index (χ3v) is 4.94. The van der Waals surface area contributed by atoms with Crippen molar-refractivity contribution < 1.29 is 14.3 Å². The average molecular weight is 317 g/mol. The highest BCUT2D eigenvalue weighted by molar-refractivity contribution is 5.91. The highest BCUT2D eigenvalue weighted by atomic mass is 16.3. The van der Waals surface area contributed by atoms with Crippen molar-refractivity contribution in [3.8, 4) is 0 Å². The van der Waals surface area contributed by atoms with Crippen LogP contribution in [0.1, 0.15) is 32.1 Å². The number of aliphatic hydroxyl groups excluding tert-OH is 1. The Labute approximate surface area is 135 Å². The molecule has 2 aromatic rings. The number of carbonyl (C=O) groups excluding carboxylic acids is 1. The van der Waals surface area contributed by atoms with Gasteiger partial charge < -0.3 is 19.7 Å². The molecule has 2 amide bonds. The van der Waals surface area contributed by atoms with E-state index in [0.717, 1.165) is 24.8 Å². The molecule has 6 heteroatoms.